The largest absolute Gasteiger partial charge is 0.494 e. The van der Waals surface area contributed by atoms with Crippen molar-refractivity contribution in [3.05, 3.63) is 52.9 Å². The van der Waals surface area contributed by atoms with Crippen molar-refractivity contribution in [2.45, 2.75) is 19.4 Å². The molecule has 96 valence electrons. The van der Waals surface area contributed by atoms with Crippen LogP contribution >= 0.6 is 11.6 Å². The van der Waals surface area contributed by atoms with Gasteiger partial charge in [0, 0.05) is 5.56 Å². The molecular formula is C14H15ClO3. The number of aliphatic hydroxyl groups is 1. The first kappa shape index (κ1) is 13.0. The van der Waals surface area contributed by atoms with Crippen molar-refractivity contribution in [3.63, 3.8) is 0 Å². The molecule has 0 saturated carbocycles. The van der Waals surface area contributed by atoms with Crippen LogP contribution in [0.15, 0.2) is 41.0 Å². The fraction of sp³-hybridized carbons (Fsp3) is 0.286. The smallest absolute Gasteiger partial charge is 0.199 e. The average Bonchev–Trinajstić information content (AvgIpc) is 2.82. The molecule has 0 spiro atoms. The van der Waals surface area contributed by atoms with Crippen molar-refractivity contribution >= 4 is 11.6 Å². The predicted molar refractivity (Wildman–Crippen MR) is 70.0 cm³/mol. The molecule has 0 aliphatic heterocycles. The normalized spacial score (nSPS) is 12.4. The second kappa shape index (κ2) is 5.94. The second-order valence-corrected chi connectivity index (χ2v) is 4.31. The van der Waals surface area contributed by atoms with E-state index in [2.05, 4.69) is 6.92 Å². The molecule has 4 heteroatoms. The molecule has 0 amide bonds. The van der Waals surface area contributed by atoms with Crippen LogP contribution in [0.25, 0.3) is 0 Å². The Kier molecular flexibility index (Phi) is 4.28. The third-order valence-corrected chi connectivity index (χ3v) is 2.92. The Morgan fingerprint density at radius 3 is 2.56 bits per heavy atom. The lowest BCUT2D eigenvalue weighted by Crippen LogP contribution is -1.99. The molecule has 2 rings (SSSR count). The van der Waals surface area contributed by atoms with Gasteiger partial charge in [-0.3, -0.25) is 0 Å². The Balaban J connectivity index is 2.12. The van der Waals surface area contributed by atoms with Gasteiger partial charge in [-0.15, -0.1) is 0 Å². The third kappa shape index (κ3) is 2.86. The minimum Gasteiger partial charge on any atom is -0.494 e. The van der Waals surface area contributed by atoms with Gasteiger partial charge in [0.2, 0.25) is 0 Å². The van der Waals surface area contributed by atoms with Crippen molar-refractivity contribution < 1.29 is 14.3 Å². The first-order chi connectivity index (χ1) is 8.72. The molecule has 0 aliphatic rings. The number of aliphatic hydroxyl groups excluding tert-OH is 1. The highest BCUT2D eigenvalue weighted by Crippen LogP contribution is 2.29. The van der Waals surface area contributed by atoms with Crippen molar-refractivity contribution in [2.24, 2.45) is 0 Å². The lowest BCUT2D eigenvalue weighted by Gasteiger charge is -2.10. The van der Waals surface area contributed by atoms with E-state index in [9.17, 15) is 5.11 Å². The molecule has 1 atom stereocenters. The Bertz CT molecular complexity index is 490. The maximum Gasteiger partial charge on any atom is 0.199 e. The number of hydrogen-bond donors (Lipinski definition) is 1. The minimum atomic E-state index is -0.781. The number of furan rings is 1. The molecule has 2 aromatic rings. The van der Waals surface area contributed by atoms with Crippen molar-refractivity contribution in [3.8, 4) is 5.75 Å². The average molecular weight is 267 g/mol. The van der Waals surface area contributed by atoms with E-state index in [0.29, 0.717) is 12.2 Å². The highest BCUT2D eigenvalue weighted by Gasteiger charge is 2.16. The van der Waals surface area contributed by atoms with Gasteiger partial charge in [-0.25, -0.2) is 0 Å². The summed E-state index contributed by atoms with van der Waals surface area (Å²) in [5.41, 5.74) is 1.32. The van der Waals surface area contributed by atoms with E-state index in [1.165, 1.54) is 6.26 Å². The number of rotatable bonds is 5. The lowest BCUT2D eigenvalue weighted by atomic mass is 10.0. The molecular weight excluding hydrogens is 252 g/mol. The van der Waals surface area contributed by atoms with Gasteiger partial charge in [0.05, 0.1) is 12.9 Å². The summed E-state index contributed by atoms with van der Waals surface area (Å²) < 4.78 is 10.4. The van der Waals surface area contributed by atoms with E-state index >= 15 is 0 Å². The predicted octanol–water partition coefficient (Wildman–Crippen LogP) is 3.80. The molecule has 1 aromatic heterocycles. The van der Waals surface area contributed by atoms with Gasteiger partial charge in [0.1, 0.15) is 11.9 Å². The van der Waals surface area contributed by atoms with Crippen LogP contribution < -0.4 is 4.74 Å². The highest BCUT2D eigenvalue weighted by molar-refractivity contribution is 6.29. The Hall–Kier alpha value is -1.45. The fourth-order valence-corrected chi connectivity index (χ4v) is 1.86. The summed E-state index contributed by atoms with van der Waals surface area (Å²) in [5, 5.41) is 10.4. The lowest BCUT2D eigenvalue weighted by molar-refractivity contribution is 0.219. The molecule has 1 unspecified atom stereocenters. The van der Waals surface area contributed by atoms with Crippen molar-refractivity contribution in [2.75, 3.05) is 6.61 Å². The van der Waals surface area contributed by atoms with E-state index in [0.717, 1.165) is 17.7 Å². The highest BCUT2D eigenvalue weighted by atomic mass is 35.5. The van der Waals surface area contributed by atoms with Crippen LogP contribution in [0.4, 0.5) is 0 Å². The van der Waals surface area contributed by atoms with Crippen LogP contribution in [0.1, 0.15) is 30.6 Å². The van der Waals surface area contributed by atoms with Gasteiger partial charge in [-0.1, -0.05) is 19.1 Å². The molecule has 1 N–H and O–H groups in total. The zero-order valence-corrected chi connectivity index (χ0v) is 10.9. The molecule has 1 heterocycles. The summed E-state index contributed by atoms with van der Waals surface area (Å²) in [6.07, 6.45) is 1.64. The van der Waals surface area contributed by atoms with E-state index in [4.69, 9.17) is 20.8 Å². The number of ether oxygens (including phenoxy) is 1. The number of hydrogen-bond acceptors (Lipinski definition) is 3. The Morgan fingerprint density at radius 2 is 2.00 bits per heavy atom. The van der Waals surface area contributed by atoms with Crippen molar-refractivity contribution in [1.29, 1.82) is 0 Å². The van der Waals surface area contributed by atoms with Gasteiger partial charge >= 0.3 is 0 Å². The Labute approximate surface area is 111 Å². The van der Waals surface area contributed by atoms with Crippen LogP contribution in [0.5, 0.6) is 5.75 Å². The number of halogens is 1. The summed E-state index contributed by atoms with van der Waals surface area (Å²) in [5.74, 6) is 0.797. The summed E-state index contributed by atoms with van der Waals surface area (Å²) >= 11 is 5.83. The maximum atomic E-state index is 10.1. The fourth-order valence-electron chi connectivity index (χ4n) is 1.65. The molecule has 3 nitrogen and oxygen atoms in total. The third-order valence-electron chi connectivity index (χ3n) is 2.61. The number of benzene rings is 1. The van der Waals surface area contributed by atoms with Crippen molar-refractivity contribution in [1.82, 2.24) is 0 Å². The molecule has 0 saturated heterocycles. The molecule has 0 aliphatic carbocycles. The van der Waals surface area contributed by atoms with Crippen LogP contribution in [-0.4, -0.2) is 11.7 Å². The van der Waals surface area contributed by atoms with Crippen LogP contribution in [0, 0.1) is 0 Å². The zero-order valence-electron chi connectivity index (χ0n) is 10.1. The topological polar surface area (TPSA) is 42.6 Å². The minimum absolute atomic E-state index is 0.216. The first-order valence-electron chi connectivity index (χ1n) is 5.86. The standard InChI is InChI=1S/C14H15ClO3/c1-2-8-17-11-5-3-10(4-6-11)13(16)12-7-9-18-14(12)15/h3-7,9,13,16H,2,8H2,1H3. The first-order valence-corrected chi connectivity index (χ1v) is 6.24. The van der Waals surface area contributed by atoms with Crippen LogP contribution in [0.2, 0.25) is 5.22 Å². The van der Waals surface area contributed by atoms with E-state index < -0.39 is 6.10 Å². The monoisotopic (exact) mass is 266 g/mol. The molecule has 0 radical (unpaired) electrons. The summed E-state index contributed by atoms with van der Waals surface area (Å²) in [4.78, 5) is 0. The van der Waals surface area contributed by atoms with Gasteiger partial charge in [0.25, 0.3) is 0 Å². The van der Waals surface area contributed by atoms with Gasteiger partial charge in [-0.05, 0) is 41.8 Å². The molecule has 0 fully saturated rings. The second-order valence-electron chi connectivity index (χ2n) is 3.97. The van der Waals surface area contributed by atoms with Gasteiger partial charge < -0.3 is 14.3 Å². The zero-order chi connectivity index (χ0) is 13.0. The van der Waals surface area contributed by atoms with E-state index in [1.54, 1.807) is 6.07 Å². The van der Waals surface area contributed by atoms with Gasteiger partial charge in [-0.2, -0.15) is 0 Å². The van der Waals surface area contributed by atoms with E-state index in [1.807, 2.05) is 24.3 Å². The summed E-state index contributed by atoms with van der Waals surface area (Å²) in [6.45, 7) is 2.74. The van der Waals surface area contributed by atoms with Crippen LogP contribution in [0.3, 0.4) is 0 Å². The maximum absolute atomic E-state index is 10.1. The molecule has 1 aromatic carbocycles. The molecule has 18 heavy (non-hydrogen) atoms. The van der Waals surface area contributed by atoms with Gasteiger partial charge in [0.15, 0.2) is 5.22 Å². The Morgan fingerprint density at radius 1 is 1.28 bits per heavy atom. The summed E-state index contributed by atoms with van der Waals surface area (Å²) in [6, 6.07) is 8.97. The van der Waals surface area contributed by atoms with E-state index in [-0.39, 0.29) is 5.22 Å². The SMILES string of the molecule is CCCOc1ccc(C(O)c2ccoc2Cl)cc1. The molecule has 0 bridgehead atoms. The summed E-state index contributed by atoms with van der Waals surface area (Å²) in [7, 11) is 0. The van der Waals surface area contributed by atoms with Crippen LogP contribution in [-0.2, 0) is 0 Å². The quantitative estimate of drug-likeness (QED) is 0.895.